The molecule has 1 aromatic carbocycles. The van der Waals surface area contributed by atoms with Crippen LogP contribution in [0, 0.1) is 0 Å². The monoisotopic (exact) mass is 270 g/mol. The van der Waals surface area contributed by atoms with E-state index >= 15 is 0 Å². The van der Waals surface area contributed by atoms with E-state index in [9.17, 15) is 9.59 Å². The van der Waals surface area contributed by atoms with Gasteiger partial charge in [-0.2, -0.15) is 0 Å². The Morgan fingerprint density at radius 3 is 2.75 bits per heavy atom. The van der Waals surface area contributed by atoms with Gasteiger partial charge in [0.25, 0.3) is 5.91 Å². The largest absolute Gasteiger partial charge is 0.477 e. The molecule has 2 N–H and O–H groups in total. The van der Waals surface area contributed by atoms with Gasteiger partial charge in [0.1, 0.15) is 5.69 Å². The third-order valence-electron chi connectivity index (χ3n) is 2.83. The molecule has 0 unspecified atom stereocenters. The van der Waals surface area contributed by atoms with Crippen molar-refractivity contribution < 1.29 is 14.7 Å². The maximum atomic E-state index is 12.1. The van der Waals surface area contributed by atoms with Gasteiger partial charge in [0.15, 0.2) is 0 Å². The van der Waals surface area contributed by atoms with E-state index in [0.717, 1.165) is 12.0 Å². The number of aromatic nitrogens is 1. The lowest BCUT2D eigenvalue weighted by Gasteiger charge is -2.07. The molecule has 0 saturated carbocycles. The van der Waals surface area contributed by atoms with Gasteiger partial charge in [-0.05, 0) is 36.2 Å². The predicted molar refractivity (Wildman–Crippen MR) is 75.0 cm³/mol. The molecule has 0 radical (unpaired) electrons. The minimum Gasteiger partial charge on any atom is -0.477 e. The normalized spacial score (nSPS) is 10.1. The smallest absolute Gasteiger partial charge is 0.354 e. The summed E-state index contributed by atoms with van der Waals surface area (Å²) in [4.78, 5) is 26.6. The molecule has 0 fully saturated rings. The standard InChI is InChI=1S/C15H14N2O3/c1-2-10-4-3-5-12(8-10)17-14(18)11-6-7-16-13(9-11)15(19)20/h3-9H,2H2,1H3,(H,17,18)(H,19,20). The molecule has 0 aliphatic carbocycles. The van der Waals surface area contributed by atoms with E-state index in [-0.39, 0.29) is 17.2 Å². The fraction of sp³-hybridized carbons (Fsp3) is 0.133. The molecule has 0 aliphatic heterocycles. The molecule has 2 rings (SSSR count). The summed E-state index contributed by atoms with van der Waals surface area (Å²) in [5.74, 6) is -1.52. The van der Waals surface area contributed by atoms with Gasteiger partial charge in [0, 0.05) is 17.4 Å². The Kier molecular flexibility index (Phi) is 4.10. The van der Waals surface area contributed by atoms with Crippen molar-refractivity contribution in [2.75, 3.05) is 5.32 Å². The number of hydrogen-bond donors (Lipinski definition) is 2. The first kappa shape index (κ1) is 13.7. The van der Waals surface area contributed by atoms with Gasteiger partial charge < -0.3 is 10.4 Å². The van der Waals surface area contributed by atoms with Gasteiger partial charge >= 0.3 is 5.97 Å². The highest BCUT2D eigenvalue weighted by Gasteiger charge is 2.10. The van der Waals surface area contributed by atoms with Crippen LogP contribution in [0.5, 0.6) is 0 Å². The summed E-state index contributed by atoms with van der Waals surface area (Å²) in [6.45, 7) is 2.03. The summed E-state index contributed by atoms with van der Waals surface area (Å²) in [5.41, 5.74) is 1.91. The van der Waals surface area contributed by atoms with Gasteiger partial charge in [-0.15, -0.1) is 0 Å². The van der Waals surface area contributed by atoms with Crippen molar-refractivity contribution in [3.8, 4) is 0 Å². The maximum absolute atomic E-state index is 12.1. The van der Waals surface area contributed by atoms with Crippen LogP contribution >= 0.6 is 0 Å². The number of aryl methyl sites for hydroxylation is 1. The summed E-state index contributed by atoms with van der Waals surface area (Å²) < 4.78 is 0. The minimum absolute atomic E-state index is 0.153. The fourth-order valence-corrected chi connectivity index (χ4v) is 1.76. The van der Waals surface area contributed by atoms with E-state index in [1.54, 1.807) is 6.07 Å². The van der Waals surface area contributed by atoms with E-state index in [1.807, 2.05) is 25.1 Å². The van der Waals surface area contributed by atoms with Crippen molar-refractivity contribution in [3.05, 3.63) is 59.4 Å². The number of aromatic carboxylic acids is 1. The number of carbonyl (C=O) groups is 2. The first-order valence-corrected chi connectivity index (χ1v) is 6.20. The molecule has 1 aromatic heterocycles. The number of carbonyl (C=O) groups excluding carboxylic acids is 1. The number of nitrogens with zero attached hydrogens (tertiary/aromatic N) is 1. The van der Waals surface area contributed by atoms with Crippen LogP contribution in [0.2, 0.25) is 0 Å². The van der Waals surface area contributed by atoms with Crippen molar-refractivity contribution in [2.45, 2.75) is 13.3 Å². The molecule has 5 nitrogen and oxygen atoms in total. The highest BCUT2D eigenvalue weighted by atomic mass is 16.4. The van der Waals surface area contributed by atoms with Gasteiger partial charge in [-0.25, -0.2) is 9.78 Å². The first-order valence-electron chi connectivity index (χ1n) is 6.20. The Bertz CT molecular complexity index is 653. The summed E-state index contributed by atoms with van der Waals surface area (Å²) in [7, 11) is 0. The summed E-state index contributed by atoms with van der Waals surface area (Å²) in [6.07, 6.45) is 2.18. The average molecular weight is 270 g/mol. The Morgan fingerprint density at radius 1 is 1.25 bits per heavy atom. The number of amides is 1. The highest BCUT2D eigenvalue weighted by molar-refractivity contribution is 6.05. The van der Waals surface area contributed by atoms with E-state index in [0.29, 0.717) is 5.69 Å². The van der Waals surface area contributed by atoms with Crippen LogP contribution in [0.4, 0.5) is 5.69 Å². The summed E-state index contributed by atoms with van der Waals surface area (Å²) in [6, 6.07) is 10.2. The van der Waals surface area contributed by atoms with Crippen LogP contribution in [0.15, 0.2) is 42.6 Å². The second kappa shape index (κ2) is 5.97. The highest BCUT2D eigenvalue weighted by Crippen LogP contribution is 2.13. The van der Waals surface area contributed by atoms with Crippen molar-refractivity contribution in [2.24, 2.45) is 0 Å². The van der Waals surface area contributed by atoms with E-state index in [2.05, 4.69) is 10.3 Å². The molecule has 5 heteroatoms. The second-order valence-electron chi connectivity index (χ2n) is 4.24. The van der Waals surface area contributed by atoms with Crippen LogP contribution in [0.1, 0.15) is 33.3 Å². The van der Waals surface area contributed by atoms with E-state index in [1.165, 1.54) is 18.3 Å². The number of pyridine rings is 1. The van der Waals surface area contributed by atoms with Crippen LogP contribution in [-0.4, -0.2) is 22.0 Å². The first-order chi connectivity index (χ1) is 9.60. The minimum atomic E-state index is -1.16. The second-order valence-corrected chi connectivity index (χ2v) is 4.24. The van der Waals surface area contributed by atoms with E-state index in [4.69, 9.17) is 5.11 Å². The third-order valence-corrected chi connectivity index (χ3v) is 2.83. The molecule has 1 heterocycles. The average Bonchev–Trinajstić information content (AvgIpc) is 2.47. The number of hydrogen-bond acceptors (Lipinski definition) is 3. The fourth-order valence-electron chi connectivity index (χ4n) is 1.76. The molecule has 20 heavy (non-hydrogen) atoms. The number of rotatable bonds is 4. The quantitative estimate of drug-likeness (QED) is 0.895. The molecule has 0 atom stereocenters. The van der Waals surface area contributed by atoms with Crippen molar-refractivity contribution >= 4 is 17.6 Å². The Hall–Kier alpha value is -2.69. The van der Waals surface area contributed by atoms with Gasteiger partial charge in [0.05, 0.1) is 0 Å². The number of nitrogens with one attached hydrogen (secondary N) is 1. The van der Waals surface area contributed by atoms with Gasteiger partial charge in [-0.3, -0.25) is 4.79 Å². The molecule has 0 bridgehead atoms. The lowest BCUT2D eigenvalue weighted by molar-refractivity contribution is 0.0690. The molecular formula is C15H14N2O3. The predicted octanol–water partition coefficient (Wildman–Crippen LogP) is 2.59. The van der Waals surface area contributed by atoms with E-state index < -0.39 is 5.97 Å². The SMILES string of the molecule is CCc1cccc(NC(=O)c2ccnc(C(=O)O)c2)c1. The molecule has 2 aromatic rings. The molecule has 102 valence electrons. The van der Waals surface area contributed by atoms with Crippen molar-refractivity contribution in [1.82, 2.24) is 4.98 Å². The topological polar surface area (TPSA) is 79.3 Å². The maximum Gasteiger partial charge on any atom is 0.354 e. The molecule has 0 spiro atoms. The molecule has 1 amide bonds. The van der Waals surface area contributed by atoms with Crippen LogP contribution < -0.4 is 5.32 Å². The summed E-state index contributed by atoms with van der Waals surface area (Å²) >= 11 is 0. The summed E-state index contributed by atoms with van der Waals surface area (Å²) in [5, 5.41) is 11.6. The number of anilines is 1. The number of carboxylic acid groups (broad SMARTS) is 1. The van der Waals surface area contributed by atoms with Gasteiger partial charge in [-0.1, -0.05) is 19.1 Å². The molecular weight excluding hydrogens is 256 g/mol. The van der Waals surface area contributed by atoms with Gasteiger partial charge in [0.2, 0.25) is 0 Å². The van der Waals surface area contributed by atoms with Crippen LogP contribution in [-0.2, 0) is 6.42 Å². The Balaban J connectivity index is 2.19. The lowest BCUT2D eigenvalue weighted by Crippen LogP contribution is -2.13. The Morgan fingerprint density at radius 2 is 2.05 bits per heavy atom. The van der Waals surface area contributed by atoms with Crippen molar-refractivity contribution in [3.63, 3.8) is 0 Å². The number of benzene rings is 1. The third kappa shape index (κ3) is 3.20. The molecule has 0 aliphatic rings. The zero-order chi connectivity index (χ0) is 14.5. The zero-order valence-electron chi connectivity index (χ0n) is 11.0. The van der Waals surface area contributed by atoms with Crippen molar-refractivity contribution in [1.29, 1.82) is 0 Å². The zero-order valence-corrected chi connectivity index (χ0v) is 11.0. The van der Waals surface area contributed by atoms with Crippen LogP contribution in [0.25, 0.3) is 0 Å². The Labute approximate surface area is 116 Å². The lowest BCUT2D eigenvalue weighted by atomic mass is 10.1. The van der Waals surface area contributed by atoms with Crippen LogP contribution in [0.3, 0.4) is 0 Å². The number of carboxylic acids is 1. The molecule has 0 saturated heterocycles.